The highest BCUT2D eigenvalue weighted by Gasteiger charge is 2.31. The molecule has 0 radical (unpaired) electrons. The first-order chi connectivity index (χ1) is 7.20. The molecular weight excluding hydrogens is 192 g/mol. The first-order valence-electron chi connectivity index (χ1n) is 4.61. The summed E-state index contributed by atoms with van der Waals surface area (Å²) in [4.78, 5) is 17.2. The molecule has 5 nitrogen and oxygen atoms in total. The molecule has 1 aromatic rings. The molecule has 0 aliphatic carbocycles. The van der Waals surface area contributed by atoms with E-state index in [1.807, 2.05) is 0 Å². The standard InChI is InChI=1S/C10H10N4O/c11-3-7-5-14(6-7)10(15)9-2-1-8(12)4-13-9/h1-2,4,7H,5-6,12H2. The van der Waals surface area contributed by atoms with Crippen molar-refractivity contribution in [1.82, 2.24) is 9.88 Å². The van der Waals surface area contributed by atoms with Gasteiger partial charge in [-0.2, -0.15) is 5.26 Å². The Balaban J connectivity index is 2.04. The number of hydrogen-bond donors (Lipinski definition) is 1. The number of carbonyl (C=O) groups is 1. The maximum absolute atomic E-state index is 11.7. The number of nitrogen functional groups attached to an aromatic ring is 1. The highest BCUT2D eigenvalue weighted by molar-refractivity contribution is 5.93. The van der Waals surface area contributed by atoms with Crippen molar-refractivity contribution >= 4 is 11.6 Å². The monoisotopic (exact) mass is 202 g/mol. The minimum atomic E-state index is -0.137. The van der Waals surface area contributed by atoms with Crippen molar-refractivity contribution in [1.29, 1.82) is 5.26 Å². The molecule has 2 heterocycles. The van der Waals surface area contributed by atoms with Crippen molar-refractivity contribution in [2.75, 3.05) is 18.8 Å². The van der Waals surface area contributed by atoms with Gasteiger partial charge >= 0.3 is 0 Å². The molecule has 0 saturated carbocycles. The highest BCUT2D eigenvalue weighted by Crippen LogP contribution is 2.17. The molecule has 0 bridgehead atoms. The fourth-order valence-corrected chi connectivity index (χ4v) is 1.42. The SMILES string of the molecule is N#CC1CN(C(=O)c2ccc(N)cn2)C1. The summed E-state index contributed by atoms with van der Waals surface area (Å²) in [5.41, 5.74) is 6.37. The number of nitrogens with two attached hydrogens (primary N) is 1. The Labute approximate surface area is 87.1 Å². The van der Waals surface area contributed by atoms with Crippen molar-refractivity contribution < 1.29 is 4.79 Å². The Hall–Kier alpha value is -2.09. The van der Waals surface area contributed by atoms with Crippen LogP contribution in [-0.4, -0.2) is 28.9 Å². The van der Waals surface area contributed by atoms with Crippen LogP contribution in [0.1, 0.15) is 10.5 Å². The number of likely N-dealkylation sites (tertiary alicyclic amines) is 1. The Kier molecular flexibility index (Phi) is 2.26. The van der Waals surface area contributed by atoms with Crippen LogP contribution in [-0.2, 0) is 0 Å². The van der Waals surface area contributed by atoms with Crippen molar-refractivity contribution in [3.63, 3.8) is 0 Å². The lowest BCUT2D eigenvalue weighted by atomic mass is 10.0. The van der Waals surface area contributed by atoms with Gasteiger partial charge in [0.15, 0.2) is 0 Å². The lowest BCUT2D eigenvalue weighted by Crippen LogP contribution is -2.49. The second-order valence-electron chi connectivity index (χ2n) is 3.51. The van der Waals surface area contributed by atoms with E-state index in [4.69, 9.17) is 11.0 Å². The smallest absolute Gasteiger partial charge is 0.272 e. The number of amides is 1. The van der Waals surface area contributed by atoms with Gasteiger partial charge in [0.25, 0.3) is 5.91 Å². The predicted molar refractivity (Wildman–Crippen MR) is 53.7 cm³/mol. The third-order valence-electron chi connectivity index (χ3n) is 2.36. The average molecular weight is 202 g/mol. The second kappa shape index (κ2) is 3.58. The maximum atomic E-state index is 11.7. The van der Waals surface area contributed by atoms with Crippen LogP contribution < -0.4 is 5.73 Å². The number of nitrogens with zero attached hydrogens (tertiary/aromatic N) is 3. The third-order valence-corrected chi connectivity index (χ3v) is 2.36. The number of hydrogen-bond acceptors (Lipinski definition) is 4. The van der Waals surface area contributed by atoms with Gasteiger partial charge in [0.05, 0.1) is 23.9 Å². The van der Waals surface area contributed by atoms with E-state index in [0.717, 1.165) is 0 Å². The molecule has 1 aliphatic heterocycles. The van der Waals surface area contributed by atoms with E-state index >= 15 is 0 Å². The molecule has 5 heteroatoms. The quantitative estimate of drug-likeness (QED) is 0.708. The number of rotatable bonds is 1. The molecule has 1 amide bonds. The zero-order chi connectivity index (χ0) is 10.8. The predicted octanol–water partition coefficient (Wildman–Crippen LogP) is 0.259. The fourth-order valence-electron chi connectivity index (χ4n) is 1.42. The van der Waals surface area contributed by atoms with E-state index in [1.165, 1.54) is 6.20 Å². The molecule has 76 valence electrons. The van der Waals surface area contributed by atoms with Gasteiger partial charge in [-0.3, -0.25) is 4.79 Å². The van der Waals surface area contributed by atoms with Gasteiger partial charge in [0.2, 0.25) is 0 Å². The number of nitriles is 1. The van der Waals surface area contributed by atoms with Crippen LogP contribution in [0.4, 0.5) is 5.69 Å². The van der Waals surface area contributed by atoms with E-state index in [1.54, 1.807) is 17.0 Å². The Morgan fingerprint density at radius 2 is 2.33 bits per heavy atom. The second-order valence-corrected chi connectivity index (χ2v) is 3.51. The van der Waals surface area contributed by atoms with Crippen LogP contribution >= 0.6 is 0 Å². The van der Waals surface area contributed by atoms with Crippen LogP contribution in [0.3, 0.4) is 0 Å². The van der Waals surface area contributed by atoms with Crippen molar-refractivity contribution in [2.45, 2.75) is 0 Å². The molecule has 1 saturated heterocycles. The number of carbonyl (C=O) groups excluding carboxylic acids is 1. The highest BCUT2D eigenvalue weighted by atomic mass is 16.2. The molecule has 2 rings (SSSR count). The summed E-state index contributed by atoms with van der Waals surface area (Å²) in [5, 5.41) is 8.57. The summed E-state index contributed by atoms with van der Waals surface area (Å²) >= 11 is 0. The van der Waals surface area contributed by atoms with E-state index in [2.05, 4.69) is 11.1 Å². The van der Waals surface area contributed by atoms with Gasteiger partial charge in [0, 0.05) is 13.1 Å². The largest absolute Gasteiger partial charge is 0.397 e. The summed E-state index contributed by atoms with van der Waals surface area (Å²) in [6.07, 6.45) is 1.45. The van der Waals surface area contributed by atoms with Gasteiger partial charge < -0.3 is 10.6 Å². The molecule has 0 atom stereocenters. The van der Waals surface area contributed by atoms with Crippen LogP contribution in [0.5, 0.6) is 0 Å². The van der Waals surface area contributed by atoms with Gasteiger partial charge in [-0.25, -0.2) is 4.98 Å². The molecule has 2 N–H and O–H groups in total. The Morgan fingerprint density at radius 1 is 1.60 bits per heavy atom. The Bertz CT molecular complexity index is 414. The van der Waals surface area contributed by atoms with Crippen molar-refractivity contribution in [2.24, 2.45) is 5.92 Å². The molecule has 1 aliphatic rings. The minimum Gasteiger partial charge on any atom is -0.397 e. The molecule has 0 aromatic carbocycles. The van der Waals surface area contributed by atoms with Crippen LogP contribution in [0.2, 0.25) is 0 Å². The summed E-state index contributed by atoms with van der Waals surface area (Å²) in [6.45, 7) is 1.00. The zero-order valence-electron chi connectivity index (χ0n) is 8.05. The third kappa shape index (κ3) is 1.74. The summed E-state index contributed by atoms with van der Waals surface area (Å²) in [5.74, 6) is -0.163. The minimum absolute atomic E-state index is 0.0252. The maximum Gasteiger partial charge on any atom is 0.272 e. The van der Waals surface area contributed by atoms with Gasteiger partial charge in [0.1, 0.15) is 5.69 Å². The number of anilines is 1. The average Bonchev–Trinajstić information content (AvgIpc) is 2.17. The van der Waals surface area contributed by atoms with Crippen molar-refractivity contribution in [3.8, 4) is 6.07 Å². The Morgan fingerprint density at radius 3 is 2.87 bits per heavy atom. The van der Waals surface area contributed by atoms with E-state index in [9.17, 15) is 4.79 Å². The van der Waals surface area contributed by atoms with Crippen molar-refractivity contribution in [3.05, 3.63) is 24.0 Å². The molecule has 15 heavy (non-hydrogen) atoms. The van der Waals surface area contributed by atoms with Gasteiger partial charge in [-0.05, 0) is 12.1 Å². The number of pyridine rings is 1. The fraction of sp³-hybridized carbons (Fsp3) is 0.300. The van der Waals surface area contributed by atoms with E-state index in [-0.39, 0.29) is 11.8 Å². The lowest BCUT2D eigenvalue weighted by Gasteiger charge is -2.34. The zero-order valence-corrected chi connectivity index (χ0v) is 8.05. The number of aromatic nitrogens is 1. The first kappa shape index (κ1) is 9.46. The lowest BCUT2D eigenvalue weighted by molar-refractivity contribution is 0.0571. The van der Waals surface area contributed by atoms with Crippen LogP contribution in [0.25, 0.3) is 0 Å². The topological polar surface area (TPSA) is 83.0 Å². The normalized spacial score (nSPS) is 15.5. The van der Waals surface area contributed by atoms with Crippen LogP contribution in [0, 0.1) is 17.2 Å². The molecule has 0 unspecified atom stereocenters. The van der Waals surface area contributed by atoms with Crippen LogP contribution in [0.15, 0.2) is 18.3 Å². The van der Waals surface area contributed by atoms with Gasteiger partial charge in [-0.1, -0.05) is 0 Å². The van der Waals surface area contributed by atoms with E-state index in [0.29, 0.717) is 24.5 Å². The molecule has 1 fully saturated rings. The summed E-state index contributed by atoms with van der Waals surface area (Å²) in [7, 11) is 0. The molecular formula is C10H10N4O. The molecule has 1 aromatic heterocycles. The first-order valence-corrected chi connectivity index (χ1v) is 4.61. The summed E-state index contributed by atoms with van der Waals surface area (Å²) < 4.78 is 0. The van der Waals surface area contributed by atoms with Gasteiger partial charge in [-0.15, -0.1) is 0 Å². The molecule has 0 spiro atoms. The van der Waals surface area contributed by atoms with E-state index < -0.39 is 0 Å². The summed E-state index contributed by atoms with van der Waals surface area (Å²) in [6, 6.07) is 5.35.